The van der Waals surface area contributed by atoms with E-state index in [0.29, 0.717) is 18.7 Å². The molecule has 1 N–H and O–H groups in total. The maximum atomic E-state index is 15.6. The first-order valence-electron chi connectivity index (χ1n) is 13.4. The van der Waals surface area contributed by atoms with E-state index in [1.54, 1.807) is 6.07 Å². The van der Waals surface area contributed by atoms with E-state index in [1.165, 1.54) is 17.7 Å². The maximum Gasteiger partial charge on any atom is 0.244 e. The molecule has 2 saturated heterocycles. The van der Waals surface area contributed by atoms with Crippen LogP contribution in [0.15, 0.2) is 47.4 Å². The van der Waals surface area contributed by atoms with Crippen LogP contribution in [0, 0.1) is 17.7 Å². The van der Waals surface area contributed by atoms with Crippen molar-refractivity contribution in [2.45, 2.75) is 66.8 Å². The van der Waals surface area contributed by atoms with Crippen molar-refractivity contribution in [3.63, 3.8) is 0 Å². The molecule has 0 radical (unpaired) electrons. The van der Waals surface area contributed by atoms with Gasteiger partial charge < -0.3 is 9.80 Å². The van der Waals surface area contributed by atoms with Crippen LogP contribution in [0.2, 0.25) is 0 Å². The molecule has 5 nitrogen and oxygen atoms in total. The molecule has 2 aromatic carbocycles. The standard InChI is InChI=1S/C29H32FN3O2S/c30-25-15-21(20-2-1-3-23(14-20)36-22-7-8-22)6-9-24(25)26-31-29(11-12-29)28(35)33(26)17-18-10-13-32(16-18)27(34)19-4-5-19/h1-3,6,9,14-15,18-19,22,26,31H,4-5,7-8,10-13,16-17H2/t18-,26?/m1/s1. The molecule has 2 heterocycles. The molecule has 1 unspecified atom stereocenters. The summed E-state index contributed by atoms with van der Waals surface area (Å²) >= 11 is 1.90. The summed E-state index contributed by atoms with van der Waals surface area (Å²) in [4.78, 5) is 31.0. The lowest BCUT2D eigenvalue weighted by Gasteiger charge is -2.28. The van der Waals surface area contributed by atoms with E-state index in [0.717, 1.165) is 55.0 Å². The zero-order valence-corrected chi connectivity index (χ0v) is 21.2. The Hall–Kier alpha value is -2.38. The molecule has 2 atom stereocenters. The number of rotatable bonds is 7. The second-order valence-electron chi connectivity index (χ2n) is 11.4. The molecular weight excluding hydrogens is 473 g/mol. The Balaban J connectivity index is 1.11. The van der Waals surface area contributed by atoms with Gasteiger partial charge in [0.15, 0.2) is 0 Å². The molecule has 1 spiro atoms. The van der Waals surface area contributed by atoms with Gasteiger partial charge in [0.25, 0.3) is 0 Å². The summed E-state index contributed by atoms with van der Waals surface area (Å²) in [5, 5.41) is 4.21. The molecule has 5 fully saturated rings. The number of amides is 2. The van der Waals surface area contributed by atoms with Gasteiger partial charge in [-0.15, -0.1) is 11.8 Å². The van der Waals surface area contributed by atoms with Crippen LogP contribution < -0.4 is 5.32 Å². The summed E-state index contributed by atoms with van der Waals surface area (Å²) in [6.07, 6.45) is 6.63. The first kappa shape index (κ1) is 22.8. The summed E-state index contributed by atoms with van der Waals surface area (Å²) in [6.45, 7) is 2.04. The Bertz CT molecular complexity index is 1220. The van der Waals surface area contributed by atoms with E-state index in [2.05, 4.69) is 17.4 Å². The van der Waals surface area contributed by atoms with Crippen LogP contribution in [0.1, 0.15) is 56.7 Å². The molecule has 2 amide bonds. The Kier molecular flexibility index (Phi) is 5.44. The number of thioether (sulfide) groups is 1. The lowest BCUT2D eigenvalue weighted by molar-refractivity contribution is -0.131. The highest BCUT2D eigenvalue weighted by atomic mass is 32.2. The van der Waals surface area contributed by atoms with Crippen molar-refractivity contribution in [3.05, 3.63) is 53.8 Å². The number of hydrogen-bond donors (Lipinski definition) is 1. The molecular formula is C29H32FN3O2S. The fourth-order valence-corrected chi connectivity index (χ4v) is 6.92. The monoisotopic (exact) mass is 505 g/mol. The molecule has 2 aromatic rings. The second-order valence-corrected chi connectivity index (χ2v) is 12.8. The molecule has 36 heavy (non-hydrogen) atoms. The van der Waals surface area contributed by atoms with Crippen molar-refractivity contribution in [1.29, 1.82) is 0 Å². The Labute approximate surface area is 215 Å². The van der Waals surface area contributed by atoms with Gasteiger partial charge in [-0.2, -0.15) is 0 Å². The first-order chi connectivity index (χ1) is 17.5. The topological polar surface area (TPSA) is 52.7 Å². The molecule has 3 aliphatic carbocycles. The average Bonchev–Trinajstić information content (AvgIpc) is 3.77. The lowest BCUT2D eigenvalue weighted by Crippen LogP contribution is -2.37. The number of likely N-dealkylation sites (tertiary alicyclic amines) is 1. The summed E-state index contributed by atoms with van der Waals surface area (Å²) in [5.41, 5.74) is 1.88. The fraction of sp³-hybridized carbons (Fsp3) is 0.517. The van der Waals surface area contributed by atoms with Crippen LogP contribution in [0.3, 0.4) is 0 Å². The van der Waals surface area contributed by atoms with Crippen molar-refractivity contribution >= 4 is 23.6 Å². The predicted molar refractivity (Wildman–Crippen MR) is 138 cm³/mol. The van der Waals surface area contributed by atoms with E-state index in [4.69, 9.17) is 0 Å². The van der Waals surface area contributed by atoms with Crippen LogP contribution in [0.4, 0.5) is 4.39 Å². The number of benzene rings is 2. The summed E-state index contributed by atoms with van der Waals surface area (Å²) in [6, 6.07) is 13.8. The molecule has 7 rings (SSSR count). The van der Waals surface area contributed by atoms with Gasteiger partial charge >= 0.3 is 0 Å². The third-order valence-electron chi connectivity index (χ3n) is 8.41. The Morgan fingerprint density at radius 2 is 1.86 bits per heavy atom. The van der Waals surface area contributed by atoms with Crippen molar-refractivity contribution in [2.24, 2.45) is 11.8 Å². The van der Waals surface area contributed by atoms with E-state index in [1.807, 2.05) is 45.8 Å². The van der Waals surface area contributed by atoms with Gasteiger partial charge in [-0.05, 0) is 80.2 Å². The van der Waals surface area contributed by atoms with Crippen LogP contribution in [0.5, 0.6) is 0 Å². The van der Waals surface area contributed by atoms with Gasteiger partial charge in [-0.25, -0.2) is 4.39 Å². The number of nitrogens with one attached hydrogen (secondary N) is 1. The minimum absolute atomic E-state index is 0.0905. The van der Waals surface area contributed by atoms with Gasteiger partial charge in [0.05, 0.1) is 0 Å². The normalized spacial score (nSPS) is 26.8. The Morgan fingerprint density at radius 1 is 1.06 bits per heavy atom. The molecule has 0 aromatic heterocycles. The first-order valence-corrected chi connectivity index (χ1v) is 14.3. The smallest absolute Gasteiger partial charge is 0.244 e. The highest BCUT2D eigenvalue weighted by molar-refractivity contribution is 8.00. The van der Waals surface area contributed by atoms with Crippen molar-refractivity contribution in [3.8, 4) is 11.1 Å². The SMILES string of the molecule is O=C(C1CC1)N1CC[C@@H](CN2C(=O)C3(CC3)NC2c2ccc(-c3cccc(SC4CC4)c3)cc2F)C1. The predicted octanol–water partition coefficient (Wildman–Crippen LogP) is 4.97. The van der Waals surface area contributed by atoms with Crippen LogP contribution in [-0.2, 0) is 9.59 Å². The number of nitrogens with zero attached hydrogens (tertiary/aromatic N) is 2. The van der Waals surface area contributed by atoms with Crippen molar-refractivity contribution in [1.82, 2.24) is 15.1 Å². The van der Waals surface area contributed by atoms with Crippen molar-refractivity contribution < 1.29 is 14.0 Å². The second kappa shape index (κ2) is 8.59. The zero-order valence-electron chi connectivity index (χ0n) is 20.4. The quantitative estimate of drug-likeness (QED) is 0.578. The summed E-state index contributed by atoms with van der Waals surface area (Å²) in [5.74, 6) is 0.552. The zero-order chi connectivity index (χ0) is 24.4. The van der Waals surface area contributed by atoms with Crippen LogP contribution in [0.25, 0.3) is 11.1 Å². The van der Waals surface area contributed by atoms with E-state index < -0.39 is 11.7 Å². The highest BCUT2D eigenvalue weighted by Crippen LogP contribution is 2.47. The molecule has 3 saturated carbocycles. The Morgan fingerprint density at radius 3 is 2.58 bits per heavy atom. The highest BCUT2D eigenvalue weighted by Gasteiger charge is 2.60. The van der Waals surface area contributed by atoms with Gasteiger partial charge in [-0.1, -0.05) is 24.3 Å². The number of carbonyl (C=O) groups is 2. The van der Waals surface area contributed by atoms with Crippen LogP contribution in [-0.4, -0.2) is 52.0 Å². The molecule has 2 aliphatic heterocycles. The maximum absolute atomic E-state index is 15.6. The minimum Gasteiger partial charge on any atom is -0.342 e. The molecule has 7 heteroatoms. The number of hydrogen-bond acceptors (Lipinski definition) is 4. The van der Waals surface area contributed by atoms with Gasteiger partial charge in [0.2, 0.25) is 11.8 Å². The summed E-state index contributed by atoms with van der Waals surface area (Å²) in [7, 11) is 0. The third-order valence-corrected chi connectivity index (χ3v) is 9.74. The van der Waals surface area contributed by atoms with Gasteiger partial charge in [0.1, 0.15) is 17.5 Å². The average molecular weight is 506 g/mol. The molecule has 5 aliphatic rings. The van der Waals surface area contributed by atoms with Gasteiger partial charge in [-0.3, -0.25) is 14.9 Å². The number of carbonyl (C=O) groups excluding carboxylic acids is 2. The third kappa shape index (κ3) is 4.24. The fourth-order valence-electron chi connectivity index (χ4n) is 5.81. The summed E-state index contributed by atoms with van der Waals surface area (Å²) < 4.78 is 15.6. The number of halogens is 1. The van der Waals surface area contributed by atoms with E-state index in [-0.39, 0.29) is 29.5 Å². The van der Waals surface area contributed by atoms with Crippen molar-refractivity contribution in [2.75, 3.05) is 19.6 Å². The van der Waals surface area contributed by atoms with Crippen LogP contribution >= 0.6 is 11.8 Å². The van der Waals surface area contributed by atoms with Gasteiger partial charge in [0, 0.05) is 41.3 Å². The molecule has 188 valence electrons. The largest absolute Gasteiger partial charge is 0.342 e. The molecule has 0 bridgehead atoms. The van der Waals surface area contributed by atoms with E-state index in [9.17, 15) is 9.59 Å². The van der Waals surface area contributed by atoms with E-state index >= 15 is 4.39 Å². The minimum atomic E-state index is -0.522. The lowest BCUT2D eigenvalue weighted by atomic mass is 10.0.